The molecule has 0 N–H and O–H groups in total. The van der Waals surface area contributed by atoms with E-state index in [-0.39, 0.29) is 0 Å². The van der Waals surface area contributed by atoms with Crippen molar-refractivity contribution < 1.29 is 4.74 Å². The largest absolute Gasteiger partial charge is 0.701 e. The van der Waals surface area contributed by atoms with Crippen LogP contribution in [0.5, 0.6) is 5.75 Å². The van der Waals surface area contributed by atoms with E-state index < -0.39 is 0 Å². The third-order valence-corrected chi connectivity index (χ3v) is 3.54. The zero-order valence-corrected chi connectivity index (χ0v) is 13.6. The summed E-state index contributed by atoms with van der Waals surface area (Å²) in [6.07, 6.45) is 0. The van der Waals surface area contributed by atoms with Crippen LogP contribution in [-0.4, -0.2) is 25.5 Å². The number of ether oxygens (including phenoxy) is 1. The Morgan fingerprint density at radius 3 is 2.19 bits per heavy atom. The number of hydrogen-bond acceptors (Lipinski definition) is 4. The molecule has 0 bridgehead atoms. The molecule has 0 saturated carbocycles. The van der Waals surface area contributed by atoms with E-state index in [0.29, 0.717) is 0 Å². The topological polar surface area (TPSA) is 15.7 Å². The summed E-state index contributed by atoms with van der Waals surface area (Å²) < 4.78 is 7.13. The summed E-state index contributed by atoms with van der Waals surface area (Å²) in [4.78, 5) is 2.10. The molecular weight excluding hydrogens is 280 g/mol. The van der Waals surface area contributed by atoms with Crippen LogP contribution in [0.4, 0.5) is 5.69 Å². The average Bonchev–Trinajstić information content (AvgIpc) is 2.47. The number of hydrogen-bond donors (Lipinski definition) is 0. The molecule has 0 spiro atoms. The molecule has 2 aromatic carbocycles. The summed E-state index contributed by atoms with van der Waals surface area (Å²) >= 11 is 5.47. The van der Waals surface area contributed by atoms with E-state index in [2.05, 4.69) is 35.2 Å². The Morgan fingerprint density at radius 1 is 0.952 bits per heavy atom. The quantitative estimate of drug-likeness (QED) is 0.761. The molecule has 0 amide bonds. The van der Waals surface area contributed by atoms with Gasteiger partial charge in [-0.2, -0.15) is 0 Å². The number of methoxy groups -OCH3 is 1. The van der Waals surface area contributed by atoms with Crippen LogP contribution in [-0.2, 0) is 25.9 Å². The van der Waals surface area contributed by atoms with Crippen LogP contribution in [0.1, 0.15) is 11.1 Å². The van der Waals surface area contributed by atoms with Gasteiger partial charge in [0.2, 0.25) is 0 Å². The van der Waals surface area contributed by atoms with Gasteiger partial charge in [0, 0.05) is 32.9 Å². The van der Waals surface area contributed by atoms with E-state index in [1.54, 1.807) is 7.11 Å². The second-order valence-corrected chi connectivity index (χ2v) is 5.73. The summed E-state index contributed by atoms with van der Waals surface area (Å²) in [6, 6.07) is 16.5. The average molecular weight is 301 g/mol. The van der Waals surface area contributed by atoms with Gasteiger partial charge in [0.15, 0.2) is 0 Å². The maximum absolute atomic E-state index is 5.47. The predicted molar refractivity (Wildman–Crippen MR) is 90.4 cm³/mol. The molecule has 2 rings (SSSR count). The molecule has 0 aliphatic heterocycles. The Morgan fingerprint density at radius 2 is 1.57 bits per heavy atom. The Hall–Kier alpha value is -1.65. The highest BCUT2D eigenvalue weighted by Crippen LogP contribution is 2.17. The van der Waals surface area contributed by atoms with Gasteiger partial charge in [0.05, 0.1) is 7.11 Å². The first kappa shape index (κ1) is 15.7. The third-order valence-electron chi connectivity index (χ3n) is 3.28. The van der Waals surface area contributed by atoms with Crippen LogP contribution in [0.2, 0.25) is 0 Å². The normalized spacial score (nSPS) is 10.7. The molecule has 4 heteroatoms. The molecule has 0 aliphatic rings. The fraction of sp³-hybridized carbons (Fsp3) is 0.294. The van der Waals surface area contributed by atoms with Gasteiger partial charge in [-0.25, -0.2) is 0 Å². The van der Waals surface area contributed by atoms with Crippen molar-refractivity contribution in [3.8, 4) is 5.75 Å². The molecule has 2 aromatic rings. The van der Waals surface area contributed by atoms with Gasteiger partial charge < -0.3 is 26.8 Å². The zero-order valence-electron chi connectivity index (χ0n) is 12.7. The number of benzene rings is 2. The summed E-state index contributed by atoms with van der Waals surface area (Å²) in [5, 5.41) is 0. The maximum Gasteiger partial charge on any atom is 0.119 e. The Balaban J connectivity index is 2.00. The number of nitrogens with zero attached hydrogens (tertiary/aromatic N) is 2. The molecule has 0 saturated heterocycles. The number of anilines is 1. The summed E-state index contributed by atoms with van der Waals surface area (Å²) in [5.74, 6) is 0.866. The van der Waals surface area contributed by atoms with Gasteiger partial charge in [-0.1, -0.05) is 24.3 Å². The van der Waals surface area contributed by atoms with E-state index in [4.69, 9.17) is 17.6 Å². The highest BCUT2D eigenvalue weighted by molar-refractivity contribution is 7.55. The van der Waals surface area contributed by atoms with Crippen molar-refractivity contribution in [1.82, 2.24) is 4.31 Å². The van der Waals surface area contributed by atoms with Crippen LogP contribution in [0.15, 0.2) is 48.5 Å². The minimum atomic E-state index is 0.721. The lowest BCUT2D eigenvalue weighted by molar-refractivity contribution is 0.412. The summed E-state index contributed by atoms with van der Waals surface area (Å²) in [6.45, 7) is 1.47. The summed E-state index contributed by atoms with van der Waals surface area (Å²) in [5.41, 5.74) is 3.57. The smallest absolute Gasteiger partial charge is 0.119 e. The molecule has 0 unspecified atom stereocenters. The van der Waals surface area contributed by atoms with Crippen molar-refractivity contribution >= 4 is 18.5 Å². The fourth-order valence-corrected chi connectivity index (χ4v) is 2.47. The standard InChI is InChI=1S/C17H21N2OS/c1-18(2)16-8-4-6-14(10-16)12-19(21)13-15-7-5-9-17(11-15)20-3/h4-11H,12-13H2,1-3H3/q-1. The highest BCUT2D eigenvalue weighted by Gasteiger charge is 2.01. The molecule has 0 fully saturated rings. The van der Waals surface area contributed by atoms with Gasteiger partial charge >= 0.3 is 0 Å². The van der Waals surface area contributed by atoms with Gasteiger partial charge in [-0.05, 0) is 35.4 Å². The van der Waals surface area contributed by atoms with Crippen molar-refractivity contribution in [1.29, 1.82) is 0 Å². The lowest BCUT2D eigenvalue weighted by Gasteiger charge is -2.30. The predicted octanol–water partition coefficient (Wildman–Crippen LogP) is 3.23. The van der Waals surface area contributed by atoms with Crippen LogP contribution in [0.25, 0.3) is 0 Å². The van der Waals surface area contributed by atoms with Crippen LogP contribution in [0, 0.1) is 0 Å². The number of rotatable bonds is 6. The molecule has 3 nitrogen and oxygen atoms in total. The van der Waals surface area contributed by atoms with Crippen LogP contribution in [0.3, 0.4) is 0 Å². The van der Waals surface area contributed by atoms with E-state index in [1.807, 2.05) is 36.6 Å². The second-order valence-electron chi connectivity index (χ2n) is 5.21. The van der Waals surface area contributed by atoms with E-state index in [9.17, 15) is 0 Å². The lowest BCUT2D eigenvalue weighted by atomic mass is 10.1. The molecule has 0 heterocycles. The molecule has 112 valence electrons. The van der Waals surface area contributed by atoms with E-state index in [0.717, 1.165) is 24.4 Å². The van der Waals surface area contributed by atoms with Gasteiger partial charge in [-0.15, -0.1) is 0 Å². The lowest BCUT2D eigenvalue weighted by Crippen LogP contribution is -2.16. The monoisotopic (exact) mass is 301 g/mol. The molecule has 0 aliphatic carbocycles. The Bertz CT molecular complexity index is 587. The van der Waals surface area contributed by atoms with Crippen LogP contribution < -0.4 is 9.64 Å². The SMILES string of the molecule is COc1cccc(CN([S-])Cc2cccc(N(C)C)c2)c1. The van der Waals surface area contributed by atoms with Crippen molar-refractivity contribution in [2.75, 3.05) is 26.1 Å². The van der Waals surface area contributed by atoms with E-state index in [1.165, 1.54) is 11.3 Å². The zero-order chi connectivity index (χ0) is 15.2. The first-order chi connectivity index (χ1) is 10.1. The van der Waals surface area contributed by atoms with Crippen molar-refractivity contribution in [2.45, 2.75) is 13.1 Å². The first-order valence-corrected chi connectivity index (χ1v) is 7.26. The molecule has 21 heavy (non-hydrogen) atoms. The molecular formula is C17H21N2OS-. The van der Waals surface area contributed by atoms with Crippen molar-refractivity contribution in [2.24, 2.45) is 0 Å². The Kier molecular flexibility index (Phi) is 5.53. The van der Waals surface area contributed by atoms with Crippen LogP contribution >= 0.6 is 0 Å². The highest BCUT2D eigenvalue weighted by atomic mass is 32.1. The van der Waals surface area contributed by atoms with Gasteiger partial charge in [0.25, 0.3) is 0 Å². The summed E-state index contributed by atoms with van der Waals surface area (Å²) in [7, 11) is 5.76. The minimum absolute atomic E-state index is 0.721. The van der Waals surface area contributed by atoms with Crippen molar-refractivity contribution in [3.05, 3.63) is 59.7 Å². The molecule has 0 radical (unpaired) electrons. The molecule has 0 atom stereocenters. The van der Waals surface area contributed by atoms with E-state index >= 15 is 0 Å². The molecule has 0 aromatic heterocycles. The first-order valence-electron chi connectivity index (χ1n) is 6.90. The van der Waals surface area contributed by atoms with Crippen molar-refractivity contribution in [3.63, 3.8) is 0 Å². The second kappa shape index (κ2) is 7.38. The van der Waals surface area contributed by atoms with Gasteiger partial charge in [-0.3, -0.25) is 0 Å². The minimum Gasteiger partial charge on any atom is -0.701 e. The maximum atomic E-state index is 5.47. The Labute approximate surface area is 132 Å². The third kappa shape index (κ3) is 4.69. The van der Waals surface area contributed by atoms with Gasteiger partial charge in [0.1, 0.15) is 5.75 Å². The fourth-order valence-electron chi connectivity index (χ4n) is 2.17.